The largest absolute Gasteiger partial charge is 0.465 e. The number of hydrogen-bond acceptors (Lipinski definition) is 4. The molecule has 4 rings (SSSR count). The lowest BCUT2D eigenvalue weighted by Crippen LogP contribution is -2.00. The molecule has 3 aromatic rings. The molecule has 0 saturated carbocycles. The maximum atomic E-state index is 11.5. The molecule has 4 heteroatoms. The number of benzene rings is 3. The molecule has 0 saturated heterocycles. The zero-order valence-electron chi connectivity index (χ0n) is 16.7. The molecule has 3 aromatic carbocycles. The van der Waals surface area contributed by atoms with Crippen LogP contribution in [0.4, 0.5) is 0 Å². The molecule has 4 nitrogen and oxygen atoms in total. The van der Waals surface area contributed by atoms with Gasteiger partial charge in [0.25, 0.3) is 0 Å². The molecule has 1 heterocycles. The predicted octanol–water partition coefficient (Wildman–Crippen LogP) is 3.98. The van der Waals surface area contributed by atoms with Gasteiger partial charge in [-0.15, -0.1) is 6.42 Å². The Morgan fingerprint density at radius 2 is 1.35 bits per heavy atom. The second-order valence-corrected chi connectivity index (χ2v) is 6.58. The molecule has 0 fully saturated rings. The van der Waals surface area contributed by atoms with Crippen LogP contribution >= 0.6 is 0 Å². The molecular formula is C27H16O4. The van der Waals surface area contributed by atoms with Crippen molar-refractivity contribution in [3.63, 3.8) is 0 Å². The number of esters is 1. The van der Waals surface area contributed by atoms with Gasteiger partial charge in [-0.2, -0.15) is 0 Å². The van der Waals surface area contributed by atoms with Crippen LogP contribution in [0, 0.1) is 36.0 Å². The standard InChI is InChI=1S/C27H16O4/c1-3-19-14-22(6-4-20-8-11-24(12-9-20)27(28)29-2)16-23(15-19)7-5-21-10-13-25-26(17-21)31-18-30-25/h1,8-17H,18H2,2H3. The molecule has 0 bridgehead atoms. The van der Waals surface area contributed by atoms with Gasteiger partial charge >= 0.3 is 5.97 Å². The Kier molecular flexibility index (Phi) is 5.62. The van der Waals surface area contributed by atoms with Crippen molar-refractivity contribution < 1.29 is 19.0 Å². The van der Waals surface area contributed by atoms with Crippen molar-refractivity contribution in [2.75, 3.05) is 13.9 Å². The highest BCUT2D eigenvalue weighted by atomic mass is 16.7. The molecule has 148 valence electrons. The maximum absolute atomic E-state index is 11.5. The zero-order valence-corrected chi connectivity index (χ0v) is 16.7. The summed E-state index contributed by atoms with van der Waals surface area (Å²) in [5.41, 5.74) is 4.27. The van der Waals surface area contributed by atoms with Crippen molar-refractivity contribution in [3.05, 3.63) is 94.0 Å². The molecule has 31 heavy (non-hydrogen) atoms. The average molecular weight is 404 g/mol. The summed E-state index contributed by atoms with van der Waals surface area (Å²) in [7, 11) is 1.35. The number of terminal acetylenes is 1. The summed E-state index contributed by atoms with van der Waals surface area (Å²) in [6, 6.07) is 18.0. The Balaban J connectivity index is 1.59. The first-order valence-electron chi connectivity index (χ1n) is 9.38. The van der Waals surface area contributed by atoms with Gasteiger partial charge in [0.15, 0.2) is 11.5 Å². The van der Waals surface area contributed by atoms with Crippen LogP contribution in [0.2, 0.25) is 0 Å². The van der Waals surface area contributed by atoms with Gasteiger partial charge in [-0.25, -0.2) is 4.79 Å². The van der Waals surface area contributed by atoms with E-state index < -0.39 is 0 Å². The van der Waals surface area contributed by atoms with Crippen LogP contribution in [0.3, 0.4) is 0 Å². The summed E-state index contributed by atoms with van der Waals surface area (Å²) in [6.07, 6.45) is 5.60. The van der Waals surface area contributed by atoms with Gasteiger partial charge in [0.2, 0.25) is 6.79 Å². The summed E-state index contributed by atoms with van der Waals surface area (Å²) in [5, 5.41) is 0. The molecule has 0 amide bonds. The van der Waals surface area contributed by atoms with Crippen molar-refractivity contribution in [2.24, 2.45) is 0 Å². The minimum atomic E-state index is -0.382. The van der Waals surface area contributed by atoms with Crippen molar-refractivity contribution in [1.82, 2.24) is 0 Å². The third kappa shape index (κ3) is 4.70. The van der Waals surface area contributed by atoms with Crippen LogP contribution in [0.15, 0.2) is 60.7 Å². The molecular weight excluding hydrogens is 388 g/mol. The van der Waals surface area contributed by atoms with E-state index in [1.54, 1.807) is 24.3 Å². The van der Waals surface area contributed by atoms with E-state index in [4.69, 9.17) is 20.6 Å². The molecule has 0 unspecified atom stereocenters. The number of carbonyl (C=O) groups is 1. The molecule has 0 radical (unpaired) electrons. The highest BCUT2D eigenvalue weighted by Crippen LogP contribution is 2.32. The topological polar surface area (TPSA) is 44.8 Å². The van der Waals surface area contributed by atoms with Gasteiger partial charge < -0.3 is 14.2 Å². The first kappa shape index (κ1) is 19.7. The summed E-state index contributed by atoms with van der Waals surface area (Å²) in [5.74, 6) is 16.1. The third-order valence-corrected chi connectivity index (χ3v) is 4.48. The van der Waals surface area contributed by atoms with E-state index in [-0.39, 0.29) is 12.8 Å². The minimum Gasteiger partial charge on any atom is -0.465 e. The van der Waals surface area contributed by atoms with E-state index >= 15 is 0 Å². The Morgan fingerprint density at radius 1 is 0.774 bits per heavy atom. The molecule has 0 aromatic heterocycles. The summed E-state index contributed by atoms with van der Waals surface area (Å²) < 4.78 is 15.4. The zero-order chi connectivity index (χ0) is 21.6. The van der Waals surface area contributed by atoms with Gasteiger partial charge in [-0.3, -0.25) is 0 Å². The number of hydrogen-bond donors (Lipinski definition) is 0. The van der Waals surface area contributed by atoms with E-state index in [2.05, 4.69) is 29.6 Å². The van der Waals surface area contributed by atoms with Gasteiger partial charge in [0, 0.05) is 27.8 Å². The molecule has 1 aliphatic rings. The minimum absolute atomic E-state index is 0.226. The number of carbonyl (C=O) groups excluding carboxylic acids is 1. The third-order valence-electron chi connectivity index (χ3n) is 4.48. The first-order valence-corrected chi connectivity index (χ1v) is 9.38. The second-order valence-electron chi connectivity index (χ2n) is 6.58. The molecule has 0 aliphatic carbocycles. The summed E-state index contributed by atoms with van der Waals surface area (Å²) >= 11 is 0. The van der Waals surface area contributed by atoms with Crippen molar-refractivity contribution in [1.29, 1.82) is 0 Å². The maximum Gasteiger partial charge on any atom is 0.337 e. The Morgan fingerprint density at radius 3 is 2.03 bits per heavy atom. The van der Waals surface area contributed by atoms with Gasteiger partial charge in [-0.1, -0.05) is 29.6 Å². The monoisotopic (exact) mass is 404 g/mol. The number of rotatable bonds is 1. The van der Waals surface area contributed by atoms with Crippen molar-refractivity contribution in [3.8, 4) is 47.5 Å². The molecule has 0 spiro atoms. The predicted molar refractivity (Wildman–Crippen MR) is 117 cm³/mol. The van der Waals surface area contributed by atoms with E-state index in [0.29, 0.717) is 16.9 Å². The van der Waals surface area contributed by atoms with Crippen LogP contribution in [0.1, 0.15) is 38.2 Å². The van der Waals surface area contributed by atoms with Crippen LogP contribution < -0.4 is 9.47 Å². The van der Waals surface area contributed by atoms with Crippen LogP contribution in [0.25, 0.3) is 0 Å². The molecule has 0 N–H and O–H groups in total. The Hall–Kier alpha value is -4.59. The average Bonchev–Trinajstić information content (AvgIpc) is 3.29. The van der Waals surface area contributed by atoms with E-state index in [9.17, 15) is 4.79 Å². The smallest absolute Gasteiger partial charge is 0.337 e. The van der Waals surface area contributed by atoms with Crippen LogP contribution in [0.5, 0.6) is 11.5 Å². The SMILES string of the molecule is C#Cc1cc(C#Cc2ccc(C(=O)OC)cc2)cc(C#Cc2ccc3c(c2)OCO3)c1. The Bertz CT molecular complexity index is 1320. The lowest BCUT2D eigenvalue weighted by atomic mass is 10.0. The fourth-order valence-electron chi connectivity index (χ4n) is 2.93. The summed E-state index contributed by atoms with van der Waals surface area (Å²) in [6.45, 7) is 0.226. The fourth-order valence-corrected chi connectivity index (χ4v) is 2.93. The number of methoxy groups -OCH3 is 1. The van der Waals surface area contributed by atoms with Crippen LogP contribution in [-0.4, -0.2) is 19.9 Å². The van der Waals surface area contributed by atoms with Crippen molar-refractivity contribution >= 4 is 5.97 Å². The Labute approximate surface area is 180 Å². The van der Waals surface area contributed by atoms with Crippen LogP contribution in [-0.2, 0) is 4.74 Å². The highest BCUT2D eigenvalue weighted by molar-refractivity contribution is 5.89. The number of ether oxygens (including phenoxy) is 3. The second kappa shape index (κ2) is 8.83. The van der Waals surface area contributed by atoms with E-state index in [1.165, 1.54) is 7.11 Å². The van der Waals surface area contributed by atoms with E-state index in [0.717, 1.165) is 28.0 Å². The van der Waals surface area contributed by atoms with Gasteiger partial charge in [-0.05, 0) is 60.7 Å². The highest BCUT2D eigenvalue weighted by Gasteiger charge is 2.12. The first-order chi connectivity index (χ1) is 15.1. The normalized spacial score (nSPS) is 10.7. The van der Waals surface area contributed by atoms with Gasteiger partial charge in [0.1, 0.15) is 0 Å². The fraction of sp³-hybridized carbons (Fsp3) is 0.0741. The lowest BCUT2D eigenvalue weighted by molar-refractivity contribution is 0.0600. The quantitative estimate of drug-likeness (QED) is 0.455. The molecule has 1 aliphatic heterocycles. The lowest BCUT2D eigenvalue weighted by Gasteiger charge is -1.99. The van der Waals surface area contributed by atoms with Gasteiger partial charge in [0.05, 0.1) is 12.7 Å². The number of fused-ring (bicyclic) bond motifs is 1. The van der Waals surface area contributed by atoms with Crippen molar-refractivity contribution in [2.45, 2.75) is 0 Å². The summed E-state index contributed by atoms with van der Waals surface area (Å²) in [4.78, 5) is 11.5. The van der Waals surface area contributed by atoms with E-state index in [1.807, 2.05) is 36.4 Å². The molecule has 0 atom stereocenters.